The minimum atomic E-state index is -1.48. The Morgan fingerprint density at radius 3 is 2.21 bits per heavy atom. The molecule has 1 heterocycles. The highest BCUT2D eigenvalue weighted by Gasteiger charge is 2.24. The van der Waals surface area contributed by atoms with Gasteiger partial charge in [-0.15, -0.1) is 5.10 Å². The normalized spacial score (nSPS) is 12.4. The van der Waals surface area contributed by atoms with Crippen molar-refractivity contribution >= 4 is 29.8 Å². The van der Waals surface area contributed by atoms with Gasteiger partial charge in [-0.1, -0.05) is 5.21 Å². The molecule has 0 aliphatic rings. The molecule has 34 heavy (non-hydrogen) atoms. The molecule has 1 aromatic heterocycles. The van der Waals surface area contributed by atoms with Crippen LogP contribution in [0.2, 0.25) is 0 Å². The molecule has 1 rings (SSSR count). The number of hydrogen-bond donors (Lipinski definition) is 6. The Balaban J connectivity index is 2.31. The topological polar surface area (TPSA) is 213 Å². The summed E-state index contributed by atoms with van der Waals surface area (Å²) in [6.45, 7) is -0.192. The molecule has 0 aliphatic carbocycles. The van der Waals surface area contributed by atoms with Crippen LogP contribution in [0.4, 0.5) is 9.18 Å². The smallest absolute Gasteiger partial charge is 0.326 e. The quantitative estimate of drug-likeness (QED) is 0.155. The maximum Gasteiger partial charge on any atom is 0.326 e. The zero-order chi connectivity index (χ0) is 25.5. The summed E-state index contributed by atoms with van der Waals surface area (Å²) in [6, 6.07) is -3.81. The maximum absolute atomic E-state index is 12.2. The SMILES string of the molecule is O=C(O)CCC(NC(=O)N[C@@H](CCCCNC(=O)CCc1cn(CCF)nn1)C(=O)O)C(=O)O. The molecule has 3 amide bonds. The van der Waals surface area contributed by atoms with Crippen molar-refractivity contribution in [2.24, 2.45) is 0 Å². The van der Waals surface area contributed by atoms with Gasteiger partial charge in [0.1, 0.15) is 18.8 Å². The standard InChI is InChI=1S/C19H29FN6O8/c20-8-10-26-11-12(24-25-26)4-6-15(27)21-9-2-1-3-13(17(30)31)22-19(34)23-14(18(32)33)5-7-16(28)29/h11,13-14H,1-10H2,(H,21,27)(H,28,29)(H,30,31)(H,32,33)(H2,22,23,34)/t13-,14?/m0/s1. The van der Waals surface area contributed by atoms with Crippen molar-refractivity contribution in [2.45, 2.75) is 63.6 Å². The number of nitrogens with zero attached hydrogens (tertiary/aromatic N) is 3. The van der Waals surface area contributed by atoms with E-state index in [1.54, 1.807) is 6.20 Å². The third-order valence-electron chi connectivity index (χ3n) is 4.60. The number of carbonyl (C=O) groups is 5. The van der Waals surface area contributed by atoms with Gasteiger partial charge in [0, 0.05) is 32.0 Å². The first-order valence-electron chi connectivity index (χ1n) is 10.6. The number of carboxylic acids is 3. The van der Waals surface area contributed by atoms with Gasteiger partial charge >= 0.3 is 23.9 Å². The van der Waals surface area contributed by atoms with Gasteiger partial charge in [0.2, 0.25) is 5.91 Å². The summed E-state index contributed by atoms with van der Waals surface area (Å²) in [7, 11) is 0. The van der Waals surface area contributed by atoms with E-state index in [9.17, 15) is 33.5 Å². The van der Waals surface area contributed by atoms with Crippen molar-refractivity contribution in [3.05, 3.63) is 11.9 Å². The van der Waals surface area contributed by atoms with Crippen LogP contribution in [0.15, 0.2) is 6.20 Å². The minimum Gasteiger partial charge on any atom is -0.481 e. The van der Waals surface area contributed by atoms with E-state index in [2.05, 4.69) is 20.9 Å². The molecule has 14 nitrogen and oxygen atoms in total. The van der Waals surface area contributed by atoms with E-state index in [0.29, 0.717) is 25.0 Å². The van der Waals surface area contributed by atoms with E-state index in [4.69, 9.17) is 10.2 Å². The molecular weight excluding hydrogens is 459 g/mol. The van der Waals surface area contributed by atoms with E-state index in [0.717, 1.165) is 0 Å². The van der Waals surface area contributed by atoms with Crippen LogP contribution in [-0.2, 0) is 32.1 Å². The average Bonchev–Trinajstić information content (AvgIpc) is 3.21. The number of urea groups is 1. The Kier molecular flexibility index (Phi) is 12.6. The van der Waals surface area contributed by atoms with Crippen LogP contribution in [-0.4, -0.2) is 85.5 Å². The fraction of sp³-hybridized carbons (Fsp3) is 0.632. The van der Waals surface area contributed by atoms with Crippen molar-refractivity contribution in [2.75, 3.05) is 13.2 Å². The molecule has 0 radical (unpaired) electrons. The molecule has 2 atom stereocenters. The van der Waals surface area contributed by atoms with E-state index >= 15 is 0 Å². The first kappa shape index (κ1) is 28.3. The fourth-order valence-corrected chi connectivity index (χ4v) is 2.82. The number of aryl methyl sites for hydroxylation is 2. The number of alkyl halides is 1. The second kappa shape index (κ2) is 15.1. The Hall–Kier alpha value is -3.78. The van der Waals surface area contributed by atoms with Crippen LogP contribution < -0.4 is 16.0 Å². The predicted octanol–water partition coefficient (Wildman–Crippen LogP) is -0.463. The average molecular weight is 488 g/mol. The lowest BCUT2D eigenvalue weighted by atomic mass is 10.1. The first-order valence-corrected chi connectivity index (χ1v) is 10.6. The summed E-state index contributed by atoms with van der Waals surface area (Å²) in [5.74, 6) is -4.24. The highest BCUT2D eigenvalue weighted by molar-refractivity contribution is 5.86. The lowest BCUT2D eigenvalue weighted by molar-refractivity contribution is -0.140. The van der Waals surface area contributed by atoms with Crippen LogP contribution in [0.3, 0.4) is 0 Å². The summed E-state index contributed by atoms with van der Waals surface area (Å²) in [6.07, 6.45) is 2.02. The molecule has 1 unspecified atom stereocenters. The van der Waals surface area contributed by atoms with Crippen molar-refractivity contribution in [1.82, 2.24) is 30.9 Å². The third kappa shape index (κ3) is 11.7. The monoisotopic (exact) mass is 488 g/mol. The molecule has 0 fully saturated rings. The molecule has 0 saturated carbocycles. The molecule has 0 bridgehead atoms. The van der Waals surface area contributed by atoms with Crippen molar-refractivity contribution < 1.29 is 43.7 Å². The third-order valence-corrected chi connectivity index (χ3v) is 4.60. The molecule has 0 spiro atoms. The van der Waals surface area contributed by atoms with Crippen molar-refractivity contribution in [1.29, 1.82) is 0 Å². The number of amides is 3. The summed E-state index contributed by atoms with van der Waals surface area (Å²) < 4.78 is 13.6. The van der Waals surface area contributed by atoms with Gasteiger partial charge in [-0.2, -0.15) is 0 Å². The van der Waals surface area contributed by atoms with Gasteiger partial charge in [0.25, 0.3) is 0 Å². The van der Waals surface area contributed by atoms with Crippen LogP contribution >= 0.6 is 0 Å². The van der Waals surface area contributed by atoms with Gasteiger partial charge in [-0.05, 0) is 25.7 Å². The maximum atomic E-state index is 12.2. The largest absolute Gasteiger partial charge is 0.481 e. The Labute approximate surface area is 193 Å². The molecule has 0 aliphatic heterocycles. The molecule has 6 N–H and O–H groups in total. The summed E-state index contributed by atoms with van der Waals surface area (Å²) in [5.41, 5.74) is 0.561. The van der Waals surface area contributed by atoms with Gasteiger partial charge < -0.3 is 31.3 Å². The molecule has 15 heteroatoms. The number of aromatic nitrogens is 3. The number of rotatable bonds is 17. The van der Waals surface area contributed by atoms with E-state index in [1.807, 2.05) is 5.32 Å². The molecule has 1 aromatic rings. The fourth-order valence-electron chi connectivity index (χ4n) is 2.82. The molecule has 190 valence electrons. The van der Waals surface area contributed by atoms with Gasteiger partial charge in [0.05, 0.1) is 12.2 Å². The first-order chi connectivity index (χ1) is 16.1. The molecule has 0 aromatic carbocycles. The minimum absolute atomic E-state index is 0.0309. The Morgan fingerprint density at radius 1 is 0.971 bits per heavy atom. The number of unbranched alkanes of at least 4 members (excludes halogenated alkanes) is 1. The zero-order valence-electron chi connectivity index (χ0n) is 18.4. The number of nitrogens with one attached hydrogen (secondary N) is 3. The van der Waals surface area contributed by atoms with Gasteiger partial charge in [-0.25, -0.2) is 23.5 Å². The van der Waals surface area contributed by atoms with Crippen LogP contribution in [0, 0.1) is 0 Å². The van der Waals surface area contributed by atoms with Crippen LogP contribution in [0.25, 0.3) is 0 Å². The molecular formula is C19H29FN6O8. The predicted molar refractivity (Wildman–Crippen MR) is 113 cm³/mol. The Morgan fingerprint density at radius 2 is 1.62 bits per heavy atom. The second-order valence-corrected chi connectivity index (χ2v) is 7.34. The van der Waals surface area contributed by atoms with Gasteiger partial charge in [0.15, 0.2) is 0 Å². The second-order valence-electron chi connectivity index (χ2n) is 7.34. The summed E-state index contributed by atoms with van der Waals surface area (Å²) in [5, 5.41) is 41.4. The molecule has 0 saturated heterocycles. The van der Waals surface area contributed by atoms with Gasteiger partial charge in [-0.3, -0.25) is 9.59 Å². The highest BCUT2D eigenvalue weighted by atomic mass is 19.1. The summed E-state index contributed by atoms with van der Waals surface area (Å²) >= 11 is 0. The highest BCUT2D eigenvalue weighted by Crippen LogP contribution is 2.03. The van der Waals surface area contributed by atoms with Crippen LogP contribution in [0.1, 0.15) is 44.2 Å². The zero-order valence-corrected chi connectivity index (χ0v) is 18.4. The number of carboxylic acid groups (broad SMARTS) is 3. The number of hydrogen-bond acceptors (Lipinski definition) is 7. The number of halogens is 1. The number of aliphatic carboxylic acids is 3. The lowest BCUT2D eigenvalue weighted by Gasteiger charge is -2.18. The Bertz CT molecular complexity index is 849. The van der Waals surface area contributed by atoms with Crippen molar-refractivity contribution in [3.8, 4) is 0 Å². The summed E-state index contributed by atoms with van der Waals surface area (Å²) in [4.78, 5) is 56.9. The van der Waals surface area contributed by atoms with E-state index in [1.165, 1.54) is 4.68 Å². The van der Waals surface area contributed by atoms with Crippen LogP contribution in [0.5, 0.6) is 0 Å². The van der Waals surface area contributed by atoms with E-state index < -0.39 is 49.1 Å². The van der Waals surface area contributed by atoms with E-state index in [-0.39, 0.29) is 38.3 Å². The lowest BCUT2D eigenvalue weighted by Crippen LogP contribution is -2.51. The van der Waals surface area contributed by atoms with Crippen molar-refractivity contribution in [3.63, 3.8) is 0 Å². The number of carbonyl (C=O) groups excluding carboxylic acids is 2.